The molecule has 3 N–H and O–H groups in total. The van der Waals surface area contributed by atoms with Gasteiger partial charge in [-0.15, -0.1) is 13.2 Å². The molecule has 2 saturated heterocycles. The summed E-state index contributed by atoms with van der Waals surface area (Å²) >= 11 is 0. The van der Waals surface area contributed by atoms with Crippen molar-refractivity contribution in [2.45, 2.75) is 75.6 Å². The number of nitrogens with one attached hydrogen (secondary N) is 1. The number of pyridine rings is 1. The monoisotopic (exact) mass is 526 g/mol. The van der Waals surface area contributed by atoms with E-state index >= 15 is 0 Å². The van der Waals surface area contributed by atoms with Crippen molar-refractivity contribution in [2.75, 3.05) is 4.90 Å². The molecule has 0 spiro atoms. The Kier molecular flexibility index (Phi) is 6.29. The normalized spacial score (nSPS) is 23.0. The van der Waals surface area contributed by atoms with Crippen LogP contribution < -0.4 is 15.4 Å². The highest BCUT2D eigenvalue weighted by molar-refractivity contribution is 5.92. The second-order valence-corrected chi connectivity index (χ2v) is 10.4. The maximum Gasteiger partial charge on any atom is 0.573 e. The van der Waals surface area contributed by atoms with Crippen LogP contribution in [-0.2, 0) is 11.3 Å². The third kappa shape index (κ3) is 4.97. The van der Waals surface area contributed by atoms with Crippen LogP contribution in [0.15, 0.2) is 48.8 Å². The molecule has 2 atom stereocenters. The van der Waals surface area contributed by atoms with Crippen LogP contribution in [0.2, 0.25) is 0 Å². The summed E-state index contributed by atoms with van der Waals surface area (Å²) in [6.07, 6.45) is 4.41. The number of aromatic amines is 1. The number of hydrogen-bond acceptors (Lipinski definition) is 5. The maximum atomic E-state index is 13.1. The van der Waals surface area contributed by atoms with E-state index in [4.69, 9.17) is 10.5 Å². The minimum atomic E-state index is -4.77. The van der Waals surface area contributed by atoms with E-state index < -0.39 is 12.3 Å². The number of ether oxygens (including phenoxy) is 2. The molecular weight excluding hydrogens is 497 g/mol. The number of amides is 1. The Hall–Kier alpha value is -3.53. The number of piperidine rings is 1. The molecule has 1 saturated carbocycles. The topological polar surface area (TPSA) is 93.5 Å². The quantitative estimate of drug-likeness (QED) is 0.395. The number of halogens is 3. The number of nitrogens with zero attached hydrogens (tertiary/aromatic N) is 2. The smallest absolute Gasteiger partial charge is 0.405 e. The Morgan fingerprint density at radius 3 is 2.42 bits per heavy atom. The Bertz CT molecular complexity index is 1310. The number of benzene rings is 1. The van der Waals surface area contributed by atoms with Crippen molar-refractivity contribution >= 4 is 11.7 Å². The van der Waals surface area contributed by atoms with E-state index in [9.17, 15) is 18.0 Å². The van der Waals surface area contributed by atoms with Crippen LogP contribution in [0.5, 0.6) is 5.75 Å². The molecule has 4 heterocycles. The summed E-state index contributed by atoms with van der Waals surface area (Å²) in [6.45, 7) is 0.320. The molecule has 3 aliphatic rings. The summed E-state index contributed by atoms with van der Waals surface area (Å²) in [5, 5.41) is 0. The lowest BCUT2D eigenvalue weighted by Gasteiger charge is -2.39. The zero-order valence-corrected chi connectivity index (χ0v) is 20.7. The van der Waals surface area contributed by atoms with Crippen molar-refractivity contribution in [1.29, 1.82) is 0 Å². The van der Waals surface area contributed by atoms with Gasteiger partial charge >= 0.3 is 6.36 Å². The lowest BCUT2D eigenvalue weighted by Crippen LogP contribution is -2.46. The van der Waals surface area contributed by atoms with Gasteiger partial charge in [-0.25, -0.2) is 4.98 Å². The first-order valence-electron chi connectivity index (χ1n) is 13.0. The van der Waals surface area contributed by atoms with E-state index in [-0.39, 0.29) is 23.9 Å². The second-order valence-electron chi connectivity index (χ2n) is 10.4. The van der Waals surface area contributed by atoms with Gasteiger partial charge in [-0.3, -0.25) is 4.79 Å². The number of anilines is 1. The fourth-order valence-electron chi connectivity index (χ4n) is 6.03. The first kappa shape index (κ1) is 24.8. The number of primary amides is 1. The molecule has 2 unspecified atom stereocenters. The molecule has 6 rings (SSSR count). The Morgan fingerprint density at radius 2 is 1.79 bits per heavy atom. The molecule has 1 amide bonds. The average Bonchev–Trinajstić information content (AvgIpc) is 3.58. The fourth-order valence-corrected chi connectivity index (χ4v) is 6.03. The number of aromatic nitrogens is 2. The minimum absolute atomic E-state index is 0.0325. The largest absolute Gasteiger partial charge is 0.573 e. The van der Waals surface area contributed by atoms with Crippen LogP contribution in [-0.4, -0.2) is 40.4 Å². The molecule has 38 heavy (non-hydrogen) atoms. The number of H-pyrrole nitrogens is 1. The van der Waals surface area contributed by atoms with E-state index in [1.807, 2.05) is 6.07 Å². The maximum absolute atomic E-state index is 13.1. The van der Waals surface area contributed by atoms with Crippen molar-refractivity contribution in [2.24, 2.45) is 5.73 Å². The van der Waals surface area contributed by atoms with Crippen molar-refractivity contribution in [3.8, 4) is 16.9 Å². The second kappa shape index (κ2) is 9.65. The number of carbonyl (C=O) groups excluding carboxylic acids is 1. The molecule has 3 fully saturated rings. The molecule has 2 aliphatic heterocycles. The van der Waals surface area contributed by atoms with E-state index in [0.717, 1.165) is 55.6 Å². The van der Waals surface area contributed by atoms with Gasteiger partial charge in [0, 0.05) is 46.9 Å². The van der Waals surface area contributed by atoms with Gasteiger partial charge in [0.25, 0.3) is 0 Å². The third-order valence-electron chi connectivity index (χ3n) is 7.86. The van der Waals surface area contributed by atoms with Gasteiger partial charge in [0.2, 0.25) is 5.91 Å². The van der Waals surface area contributed by atoms with Crippen LogP contribution in [0.3, 0.4) is 0 Å². The first-order valence-corrected chi connectivity index (χ1v) is 13.0. The number of fused-ring (bicyclic) bond motifs is 2. The third-order valence-corrected chi connectivity index (χ3v) is 7.86. The molecule has 1 aromatic carbocycles. The Morgan fingerprint density at radius 1 is 1.05 bits per heavy atom. The van der Waals surface area contributed by atoms with Crippen LogP contribution in [0, 0.1) is 0 Å². The number of hydrogen-bond donors (Lipinski definition) is 2. The van der Waals surface area contributed by atoms with Crippen LogP contribution in [0.1, 0.15) is 66.1 Å². The number of nitrogens with two attached hydrogens (primary N) is 1. The molecule has 3 aromatic rings. The van der Waals surface area contributed by atoms with Crippen LogP contribution in [0.4, 0.5) is 19.0 Å². The number of alkyl halides is 3. The molecular formula is C28H29F3N4O3. The molecule has 10 heteroatoms. The lowest BCUT2D eigenvalue weighted by atomic mass is 9.98. The SMILES string of the molecule is NC(=O)c1ccc(N2C3CCC2CC(OCc2c(-c4ccccc4OC(F)(F)F)c[nH]c2C2CC2)C3)nc1. The zero-order chi connectivity index (χ0) is 26.4. The number of carbonyl (C=O) groups is 1. The van der Waals surface area contributed by atoms with Gasteiger partial charge < -0.3 is 25.1 Å². The van der Waals surface area contributed by atoms with Gasteiger partial charge in [-0.2, -0.15) is 0 Å². The first-order chi connectivity index (χ1) is 18.3. The van der Waals surface area contributed by atoms with Gasteiger partial charge in [0.05, 0.1) is 18.3 Å². The molecule has 0 radical (unpaired) electrons. The zero-order valence-electron chi connectivity index (χ0n) is 20.7. The van der Waals surface area contributed by atoms with E-state index in [0.29, 0.717) is 29.2 Å². The number of para-hydroxylation sites is 1. The van der Waals surface area contributed by atoms with E-state index in [1.54, 1.807) is 24.4 Å². The predicted molar refractivity (Wildman–Crippen MR) is 135 cm³/mol. The van der Waals surface area contributed by atoms with Crippen molar-refractivity contribution < 1.29 is 27.4 Å². The van der Waals surface area contributed by atoms with Gasteiger partial charge in [0.1, 0.15) is 11.6 Å². The summed E-state index contributed by atoms with van der Waals surface area (Å²) in [5.41, 5.74) is 8.76. The Balaban J connectivity index is 1.19. The van der Waals surface area contributed by atoms with Crippen molar-refractivity contribution in [3.05, 3.63) is 65.6 Å². The van der Waals surface area contributed by atoms with Crippen molar-refractivity contribution in [1.82, 2.24) is 9.97 Å². The fraction of sp³-hybridized carbons (Fsp3) is 0.429. The highest BCUT2D eigenvalue weighted by Gasteiger charge is 2.42. The molecule has 2 aromatic heterocycles. The molecule has 1 aliphatic carbocycles. The Labute approximate surface area is 218 Å². The highest BCUT2D eigenvalue weighted by atomic mass is 19.4. The molecule has 200 valence electrons. The molecule has 2 bridgehead atoms. The summed E-state index contributed by atoms with van der Waals surface area (Å²) in [7, 11) is 0. The summed E-state index contributed by atoms with van der Waals surface area (Å²) in [4.78, 5) is 21.5. The summed E-state index contributed by atoms with van der Waals surface area (Å²) in [5.74, 6) is 0.502. The molecule has 7 nitrogen and oxygen atoms in total. The van der Waals surface area contributed by atoms with Crippen LogP contribution >= 0.6 is 0 Å². The number of rotatable bonds is 8. The van der Waals surface area contributed by atoms with Crippen molar-refractivity contribution in [3.63, 3.8) is 0 Å². The van der Waals surface area contributed by atoms with Gasteiger partial charge in [0.15, 0.2) is 0 Å². The van der Waals surface area contributed by atoms with E-state index in [2.05, 4.69) is 19.6 Å². The van der Waals surface area contributed by atoms with Crippen LogP contribution in [0.25, 0.3) is 11.1 Å². The van der Waals surface area contributed by atoms with Gasteiger partial charge in [-0.1, -0.05) is 18.2 Å². The predicted octanol–water partition coefficient (Wildman–Crippen LogP) is 5.67. The summed E-state index contributed by atoms with van der Waals surface area (Å²) in [6, 6.07) is 10.4. The minimum Gasteiger partial charge on any atom is -0.405 e. The van der Waals surface area contributed by atoms with Gasteiger partial charge in [-0.05, 0) is 62.6 Å². The lowest BCUT2D eigenvalue weighted by molar-refractivity contribution is -0.274. The summed E-state index contributed by atoms with van der Waals surface area (Å²) < 4.78 is 50.0. The average molecular weight is 527 g/mol. The standard InChI is InChI=1S/C28H29F3N4O3/c29-28(30,31)38-24-4-2-1-3-21(24)22-14-34-26(16-5-6-16)23(22)15-37-20-11-18-8-9-19(12-20)35(18)25-10-7-17(13-33-25)27(32)36/h1-4,7,10,13-14,16,18-20,34H,5-6,8-9,11-12,15H2,(H2,32,36). The van der Waals surface area contributed by atoms with E-state index in [1.165, 1.54) is 18.3 Å². The highest BCUT2D eigenvalue weighted by Crippen LogP contribution is 2.46.